The molecule has 0 aliphatic carbocycles. The van der Waals surface area contributed by atoms with Crippen LogP contribution < -0.4 is 0 Å². The number of methoxy groups -OCH3 is 1. The number of benzene rings is 2. The maximum absolute atomic E-state index is 11.0. The maximum atomic E-state index is 11.0. The van der Waals surface area contributed by atoms with Gasteiger partial charge in [-0.15, -0.1) is 0 Å². The molecule has 0 aliphatic heterocycles. The number of esters is 1. The van der Waals surface area contributed by atoms with E-state index in [1.54, 1.807) is 0 Å². The summed E-state index contributed by atoms with van der Waals surface area (Å²) in [7, 11) is 1.40. The monoisotopic (exact) mass is 266 g/mol. The van der Waals surface area contributed by atoms with Crippen LogP contribution in [0.1, 0.15) is 23.1 Å². The third kappa shape index (κ3) is 4.39. The molecule has 0 amide bonds. The molecule has 0 aromatic heterocycles. The highest BCUT2D eigenvalue weighted by Crippen LogP contribution is 2.11. The maximum Gasteiger partial charge on any atom is 0.309 e. The second kappa shape index (κ2) is 7.29. The Bertz CT molecular complexity index is 568. The number of ether oxygens (including phenoxy) is 1. The number of carbonyl (C=O) groups is 1. The zero-order valence-electron chi connectivity index (χ0n) is 11.6. The summed E-state index contributed by atoms with van der Waals surface area (Å²) in [5, 5.41) is 0. The van der Waals surface area contributed by atoms with E-state index in [0.29, 0.717) is 6.42 Å². The lowest BCUT2D eigenvalue weighted by Gasteiger charge is -2.02. The van der Waals surface area contributed by atoms with E-state index >= 15 is 0 Å². The van der Waals surface area contributed by atoms with Crippen molar-refractivity contribution in [3.05, 3.63) is 77.4 Å². The average molecular weight is 266 g/mol. The average Bonchev–Trinajstić information content (AvgIpc) is 2.50. The van der Waals surface area contributed by atoms with Crippen LogP contribution in [-0.2, 0) is 16.0 Å². The zero-order chi connectivity index (χ0) is 14.2. The second-order valence-corrected chi connectivity index (χ2v) is 4.59. The van der Waals surface area contributed by atoms with E-state index in [1.165, 1.54) is 18.2 Å². The minimum absolute atomic E-state index is 0.220. The highest BCUT2D eigenvalue weighted by Gasteiger charge is 1.97. The summed E-state index contributed by atoms with van der Waals surface area (Å²) in [4.78, 5) is 11.0. The van der Waals surface area contributed by atoms with Gasteiger partial charge in [0.05, 0.1) is 13.5 Å². The summed E-state index contributed by atoms with van der Waals surface area (Å²) in [6.07, 6.45) is 5.00. The molecule has 0 saturated carbocycles. The molecule has 0 aliphatic rings. The Labute approximate surface area is 119 Å². The minimum atomic E-state index is -0.220. The van der Waals surface area contributed by atoms with Crippen molar-refractivity contribution in [3.63, 3.8) is 0 Å². The standard InChI is InChI=1S/C18H18O2/c1-20-18(19)9-5-8-15-10-12-17(13-11-15)14-16-6-3-2-4-7-16/h2-8,10-13H,9,14H2,1H3. The van der Waals surface area contributed by atoms with Crippen LogP contribution in [0.2, 0.25) is 0 Å². The molecule has 0 atom stereocenters. The lowest BCUT2D eigenvalue weighted by Crippen LogP contribution is -1.96. The fraction of sp³-hybridized carbons (Fsp3) is 0.167. The molecule has 102 valence electrons. The second-order valence-electron chi connectivity index (χ2n) is 4.59. The molecular formula is C18H18O2. The van der Waals surface area contributed by atoms with Gasteiger partial charge in [-0.1, -0.05) is 66.7 Å². The molecule has 2 aromatic carbocycles. The molecule has 2 rings (SSSR count). The number of carbonyl (C=O) groups excluding carboxylic acids is 1. The topological polar surface area (TPSA) is 26.3 Å². The van der Waals surface area contributed by atoms with Gasteiger partial charge in [0.25, 0.3) is 0 Å². The van der Waals surface area contributed by atoms with Gasteiger partial charge < -0.3 is 4.74 Å². The van der Waals surface area contributed by atoms with Crippen molar-refractivity contribution in [1.82, 2.24) is 0 Å². The predicted octanol–water partition coefficient (Wildman–Crippen LogP) is 3.85. The normalized spacial score (nSPS) is 10.7. The van der Waals surface area contributed by atoms with Crippen LogP contribution in [0.4, 0.5) is 0 Å². The molecule has 0 spiro atoms. The molecule has 0 bridgehead atoms. The molecular weight excluding hydrogens is 248 g/mol. The highest BCUT2D eigenvalue weighted by molar-refractivity contribution is 5.72. The Kier molecular flexibility index (Phi) is 5.13. The van der Waals surface area contributed by atoms with Gasteiger partial charge in [0, 0.05) is 0 Å². The summed E-state index contributed by atoms with van der Waals surface area (Å²) in [5.74, 6) is -0.220. The molecule has 2 aromatic rings. The number of rotatable bonds is 5. The molecule has 0 unspecified atom stereocenters. The van der Waals surface area contributed by atoms with E-state index in [1.807, 2.05) is 18.2 Å². The first-order valence-electron chi connectivity index (χ1n) is 6.64. The van der Waals surface area contributed by atoms with Crippen molar-refractivity contribution in [2.75, 3.05) is 7.11 Å². The fourth-order valence-corrected chi connectivity index (χ4v) is 1.95. The van der Waals surface area contributed by atoms with E-state index in [9.17, 15) is 4.79 Å². The lowest BCUT2D eigenvalue weighted by atomic mass is 10.0. The van der Waals surface area contributed by atoms with Gasteiger partial charge in [-0.2, -0.15) is 0 Å². The van der Waals surface area contributed by atoms with Gasteiger partial charge in [-0.05, 0) is 23.1 Å². The summed E-state index contributed by atoms with van der Waals surface area (Å²) >= 11 is 0. The smallest absolute Gasteiger partial charge is 0.309 e. The van der Waals surface area contributed by atoms with Gasteiger partial charge in [-0.25, -0.2) is 0 Å². The molecule has 0 fully saturated rings. The van der Waals surface area contributed by atoms with Crippen LogP contribution in [0.5, 0.6) is 0 Å². The van der Waals surface area contributed by atoms with Crippen LogP contribution in [0.15, 0.2) is 60.7 Å². The third-order valence-electron chi connectivity index (χ3n) is 3.05. The van der Waals surface area contributed by atoms with Crippen molar-refractivity contribution >= 4 is 12.0 Å². The molecule has 0 heterocycles. The van der Waals surface area contributed by atoms with Crippen LogP contribution in [-0.4, -0.2) is 13.1 Å². The Morgan fingerprint density at radius 1 is 1.00 bits per heavy atom. The van der Waals surface area contributed by atoms with Crippen LogP contribution in [0, 0.1) is 0 Å². The molecule has 2 nitrogen and oxygen atoms in total. The van der Waals surface area contributed by atoms with Gasteiger partial charge in [0.2, 0.25) is 0 Å². The zero-order valence-corrected chi connectivity index (χ0v) is 11.6. The molecule has 0 saturated heterocycles. The Morgan fingerprint density at radius 3 is 2.30 bits per heavy atom. The Balaban J connectivity index is 1.94. The van der Waals surface area contributed by atoms with E-state index in [-0.39, 0.29) is 5.97 Å². The van der Waals surface area contributed by atoms with Crippen molar-refractivity contribution in [3.8, 4) is 0 Å². The van der Waals surface area contributed by atoms with Crippen LogP contribution in [0.3, 0.4) is 0 Å². The predicted molar refractivity (Wildman–Crippen MR) is 81.4 cm³/mol. The molecule has 0 N–H and O–H groups in total. The third-order valence-corrected chi connectivity index (χ3v) is 3.05. The van der Waals surface area contributed by atoms with E-state index in [4.69, 9.17) is 0 Å². The highest BCUT2D eigenvalue weighted by atomic mass is 16.5. The Hall–Kier alpha value is -2.35. The van der Waals surface area contributed by atoms with E-state index < -0.39 is 0 Å². The summed E-state index contributed by atoms with van der Waals surface area (Å²) in [5.41, 5.74) is 3.67. The first-order chi connectivity index (χ1) is 9.78. The Morgan fingerprint density at radius 2 is 1.65 bits per heavy atom. The first-order valence-corrected chi connectivity index (χ1v) is 6.64. The minimum Gasteiger partial charge on any atom is -0.469 e. The van der Waals surface area contributed by atoms with Gasteiger partial charge in [0.15, 0.2) is 0 Å². The fourth-order valence-electron chi connectivity index (χ4n) is 1.95. The van der Waals surface area contributed by atoms with Crippen molar-refractivity contribution in [2.45, 2.75) is 12.8 Å². The largest absolute Gasteiger partial charge is 0.469 e. The first kappa shape index (κ1) is 14.1. The van der Waals surface area contributed by atoms with Gasteiger partial charge in [-0.3, -0.25) is 4.79 Å². The lowest BCUT2D eigenvalue weighted by molar-refractivity contribution is -0.139. The number of hydrogen-bond donors (Lipinski definition) is 0. The van der Waals surface area contributed by atoms with E-state index in [0.717, 1.165) is 12.0 Å². The van der Waals surface area contributed by atoms with Crippen LogP contribution in [0.25, 0.3) is 6.08 Å². The van der Waals surface area contributed by atoms with Crippen molar-refractivity contribution < 1.29 is 9.53 Å². The molecule has 0 radical (unpaired) electrons. The molecule has 20 heavy (non-hydrogen) atoms. The molecule has 2 heteroatoms. The van der Waals surface area contributed by atoms with Crippen molar-refractivity contribution in [1.29, 1.82) is 0 Å². The van der Waals surface area contributed by atoms with Gasteiger partial charge in [0.1, 0.15) is 0 Å². The summed E-state index contributed by atoms with van der Waals surface area (Å²) < 4.78 is 4.58. The quantitative estimate of drug-likeness (QED) is 0.768. The van der Waals surface area contributed by atoms with E-state index in [2.05, 4.69) is 53.3 Å². The number of hydrogen-bond acceptors (Lipinski definition) is 2. The van der Waals surface area contributed by atoms with Crippen LogP contribution >= 0.6 is 0 Å². The van der Waals surface area contributed by atoms with Crippen molar-refractivity contribution in [2.24, 2.45) is 0 Å². The summed E-state index contributed by atoms with van der Waals surface area (Å²) in [6, 6.07) is 18.7. The van der Waals surface area contributed by atoms with Gasteiger partial charge >= 0.3 is 5.97 Å². The SMILES string of the molecule is COC(=O)CC=Cc1ccc(Cc2ccccc2)cc1. The summed E-state index contributed by atoms with van der Waals surface area (Å²) in [6.45, 7) is 0.